The van der Waals surface area contributed by atoms with Gasteiger partial charge in [-0.15, -0.1) is 0 Å². The number of ether oxygens (including phenoxy) is 2. The highest BCUT2D eigenvalue weighted by molar-refractivity contribution is 5.81. The van der Waals surface area contributed by atoms with E-state index in [4.69, 9.17) is 9.47 Å². The average Bonchev–Trinajstić information content (AvgIpc) is 2.71. The Morgan fingerprint density at radius 3 is 2.32 bits per heavy atom. The number of amides is 1. The second-order valence-electron chi connectivity index (χ2n) is 7.16. The van der Waals surface area contributed by atoms with Crippen molar-refractivity contribution in [3.8, 4) is 11.5 Å². The zero-order valence-electron chi connectivity index (χ0n) is 16.2. The molecule has 1 amide bonds. The molecule has 2 aromatic carbocycles. The van der Waals surface area contributed by atoms with Gasteiger partial charge in [0, 0.05) is 19.2 Å². The molecule has 0 aliphatic carbocycles. The van der Waals surface area contributed by atoms with Crippen molar-refractivity contribution in [3.63, 3.8) is 0 Å². The Bertz CT molecular complexity index is 802. The maximum Gasteiger partial charge on any atom is 0.263 e. The number of carbonyl (C=O) groups excluding carboxylic acids is 1. The van der Waals surface area contributed by atoms with E-state index in [1.165, 1.54) is 11.6 Å². The number of benzene rings is 2. The molecule has 6 heteroatoms. The van der Waals surface area contributed by atoms with Crippen molar-refractivity contribution < 1.29 is 23.0 Å². The van der Waals surface area contributed by atoms with Gasteiger partial charge in [-0.05, 0) is 61.9 Å². The van der Waals surface area contributed by atoms with E-state index in [1.807, 2.05) is 12.1 Å². The van der Waals surface area contributed by atoms with E-state index in [9.17, 15) is 13.6 Å². The fourth-order valence-electron chi connectivity index (χ4n) is 3.51. The first-order valence-electron chi connectivity index (χ1n) is 9.49. The van der Waals surface area contributed by atoms with E-state index >= 15 is 0 Å². The normalized spacial score (nSPS) is 15.9. The molecule has 0 bridgehead atoms. The zero-order valence-corrected chi connectivity index (χ0v) is 16.2. The van der Waals surface area contributed by atoms with Crippen LogP contribution >= 0.6 is 0 Å². The summed E-state index contributed by atoms with van der Waals surface area (Å²) in [6, 6.07) is 11.4. The summed E-state index contributed by atoms with van der Waals surface area (Å²) in [5, 5.41) is 0. The molecule has 4 nitrogen and oxygen atoms in total. The second-order valence-corrected chi connectivity index (χ2v) is 7.16. The van der Waals surface area contributed by atoms with E-state index in [0.29, 0.717) is 19.0 Å². The molecule has 0 spiro atoms. The monoisotopic (exact) mass is 389 g/mol. The standard InChI is InChI=1S/C22H25F2NO3/c1-15(28-19-7-8-20(23)21(24)14-19)22(26)25-11-9-17(10-12-25)13-16-3-5-18(27-2)6-4-16/h3-8,14-15,17H,9-13H2,1-2H3. The van der Waals surface area contributed by atoms with Crippen LogP contribution in [0.15, 0.2) is 42.5 Å². The summed E-state index contributed by atoms with van der Waals surface area (Å²) in [6.07, 6.45) is 2.08. The highest BCUT2D eigenvalue weighted by atomic mass is 19.2. The minimum Gasteiger partial charge on any atom is -0.497 e. The SMILES string of the molecule is COc1ccc(CC2CCN(C(=O)C(C)Oc3ccc(F)c(F)c3)CC2)cc1. The lowest BCUT2D eigenvalue weighted by atomic mass is 9.90. The Hall–Kier alpha value is -2.63. The van der Waals surface area contributed by atoms with Crippen molar-refractivity contribution in [2.75, 3.05) is 20.2 Å². The van der Waals surface area contributed by atoms with Gasteiger partial charge in [0.1, 0.15) is 11.5 Å². The van der Waals surface area contributed by atoms with Gasteiger partial charge in [-0.2, -0.15) is 0 Å². The molecule has 1 atom stereocenters. The van der Waals surface area contributed by atoms with Crippen LogP contribution in [-0.2, 0) is 11.2 Å². The molecule has 1 aliphatic heterocycles. The van der Waals surface area contributed by atoms with Crippen molar-refractivity contribution >= 4 is 5.91 Å². The summed E-state index contributed by atoms with van der Waals surface area (Å²) in [5.74, 6) is -0.539. The topological polar surface area (TPSA) is 38.8 Å². The van der Waals surface area contributed by atoms with E-state index in [0.717, 1.165) is 37.1 Å². The predicted octanol–water partition coefficient (Wildman–Crippen LogP) is 4.22. The quantitative estimate of drug-likeness (QED) is 0.743. The largest absolute Gasteiger partial charge is 0.497 e. The Kier molecular flexibility index (Phi) is 6.49. The number of hydrogen-bond acceptors (Lipinski definition) is 3. The van der Waals surface area contributed by atoms with Gasteiger partial charge in [0.05, 0.1) is 7.11 Å². The van der Waals surface area contributed by atoms with Crippen molar-refractivity contribution in [2.24, 2.45) is 5.92 Å². The number of methoxy groups -OCH3 is 1. The Labute approximate surface area is 164 Å². The van der Waals surface area contributed by atoms with Crippen molar-refractivity contribution in [2.45, 2.75) is 32.3 Å². The molecule has 0 aromatic heterocycles. The maximum atomic E-state index is 13.3. The van der Waals surface area contributed by atoms with E-state index in [2.05, 4.69) is 12.1 Å². The highest BCUT2D eigenvalue weighted by Crippen LogP contribution is 2.24. The molecule has 3 rings (SSSR count). The maximum absolute atomic E-state index is 13.3. The number of nitrogens with zero attached hydrogens (tertiary/aromatic N) is 1. The van der Waals surface area contributed by atoms with Gasteiger partial charge in [-0.3, -0.25) is 4.79 Å². The number of likely N-dealkylation sites (tertiary alicyclic amines) is 1. The average molecular weight is 389 g/mol. The molecular weight excluding hydrogens is 364 g/mol. The Balaban J connectivity index is 1.49. The lowest BCUT2D eigenvalue weighted by Crippen LogP contribution is -2.45. The molecule has 0 N–H and O–H groups in total. The highest BCUT2D eigenvalue weighted by Gasteiger charge is 2.27. The lowest BCUT2D eigenvalue weighted by molar-refractivity contribution is -0.139. The number of halogens is 2. The lowest BCUT2D eigenvalue weighted by Gasteiger charge is -2.33. The van der Waals surface area contributed by atoms with Crippen LogP contribution in [0.2, 0.25) is 0 Å². The Morgan fingerprint density at radius 1 is 1.07 bits per heavy atom. The van der Waals surface area contributed by atoms with E-state index in [1.54, 1.807) is 18.9 Å². The molecular formula is C22H25F2NO3. The minimum absolute atomic E-state index is 0.132. The molecule has 1 heterocycles. The summed E-state index contributed by atoms with van der Waals surface area (Å²) < 4.78 is 37.0. The third-order valence-corrected chi connectivity index (χ3v) is 5.16. The molecule has 1 aliphatic rings. The van der Waals surface area contributed by atoms with E-state index in [-0.39, 0.29) is 11.7 Å². The molecule has 1 unspecified atom stereocenters. The van der Waals surface area contributed by atoms with Gasteiger partial charge >= 0.3 is 0 Å². The minimum atomic E-state index is -0.989. The van der Waals surface area contributed by atoms with E-state index < -0.39 is 17.7 Å². The number of piperidine rings is 1. The van der Waals surface area contributed by atoms with Crippen LogP contribution in [0, 0.1) is 17.6 Å². The molecule has 2 aromatic rings. The van der Waals surface area contributed by atoms with Gasteiger partial charge < -0.3 is 14.4 Å². The van der Waals surface area contributed by atoms with Gasteiger partial charge in [0.25, 0.3) is 5.91 Å². The van der Waals surface area contributed by atoms with Crippen LogP contribution in [0.25, 0.3) is 0 Å². The number of hydrogen-bond donors (Lipinski definition) is 0. The third-order valence-electron chi connectivity index (χ3n) is 5.16. The summed E-state index contributed by atoms with van der Waals surface area (Å²) >= 11 is 0. The summed E-state index contributed by atoms with van der Waals surface area (Å²) in [7, 11) is 1.65. The van der Waals surface area contributed by atoms with Gasteiger partial charge in [0.2, 0.25) is 0 Å². The molecule has 1 fully saturated rings. The molecule has 1 saturated heterocycles. The molecule has 0 radical (unpaired) electrons. The van der Waals surface area contributed by atoms with Gasteiger partial charge in [-0.25, -0.2) is 8.78 Å². The Morgan fingerprint density at radius 2 is 1.71 bits per heavy atom. The first-order chi connectivity index (χ1) is 13.5. The number of carbonyl (C=O) groups is 1. The third kappa shape index (κ3) is 5.00. The summed E-state index contributed by atoms with van der Waals surface area (Å²) in [4.78, 5) is 14.4. The van der Waals surface area contributed by atoms with Crippen LogP contribution in [0.3, 0.4) is 0 Å². The fraction of sp³-hybridized carbons (Fsp3) is 0.409. The summed E-state index contributed by atoms with van der Waals surface area (Å²) in [5.41, 5.74) is 1.26. The number of rotatable bonds is 6. The predicted molar refractivity (Wildman–Crippen MR) is 102 cm³/mol. The van der Waals surface area contributed by atoms with Crippen LogP contribution < -0.4 is 9.47 Å². The first-order valence-corrected chi connectivity index (χ1v) is 9.49. The zero-order chi connectivity index (χ0) is 20.1. The molecule has 28 heavy (non-hydrogen) atoms. The van der Waals surface area contributed by atoms with Crippen molar-refractivity contribution in [1.29, 1.82) is 0 Å². The smallest absolute Gasteiger partial charge is 0.263 e. The first kappa shape index (κ1) is 20.1. The van der Waals surface area contributed by atoms with Crippen LogP contribution in [0.4, 0.5) is 8.78 Å². The van der Waals surface area contributed by atoms with Crippen molar-refractivity contribution in [1.82, 2.24) is 4.90 Å². The van der Waals surface area contributed by atoms with Gasteiger partial charge in [0.15, 0.2) is 17.7 Å². The molecule has 150 valence electrons. The van der Waals surface area contributed by atoms with Crippen LogP contribution in [0.5, 0.6) is 11.5 Å². The van der Waals surface area contributed by atoms with Crippen molar-refractivity contribution in [3.05, 3.63) is 59.7 Å². The van der Waals surface area contributed by atoms with Crippen LogP contribution in [0.1, 0.15) is 25.3 Å². The van der Waals surface area contributed by atoms with Crippen LogP contribution in [-0.4, -0.2) is 37.1 Å². The van der Waals surface area contributed by atoms with Gasteiger partial charge in [-0.1, -0.05) is 12.1 Å². The molecule has 0 saturated carbocycles. The fourth-order valence-corrected chi connectivity index (χ4v) is 3.51. The summed E-state index contributed by atoms with van der Waals surface area (Å²) in [6.45, 7) is 2.98. The second kappa shape index (κ2) is 9.04.